The highest BCUT2D eigenvalue weighted by Gasteiger charge is 2.34. The summed E-state index contributed by atoms with van der Waals surface area (Å²) >= 11 is 1.88. The molecule has 3 heteroatoms. The third kappa shape index (κ3) is 3.88. The first-order chi connectivity index (χ1) is 9.84. The van der Waals surface area contributed by atoms with Crippen molar-refractivity contribution in [2.24, 2.45) is 17.1 Å². The van der Waals surface area contributed by atoms with Gasteiger partial charge in [0.15, 0.2) is 0 Å². The molecule has 1 aromatic rings. The smallest absolute Gasteiger partial charge is 0.0596 e. The Bertz CT molecular complexity index is 438. The van der Waals surface area contributed by atoms with E-state index in [1.54, 1.807) is 0 Å². The summed E-state index contributed by atoms with van der Waals surface area (Å²) in [5.74, 6) is 0.844. The maximum absolute atomic E-state index is 6.49. The van der Waals surface area contributed by atoms with Crippen LogP contribution in [0, 0.1) is 18.3 Å². The van der Waals surface area contributed by atoms with Crippen molar-refractivity contribution < 1.29 is 0 Å². The molecule has 120 valence electrons. The molecule has 0 aromatic carbocycles. The van der Waals surface area contributed by atoms with Crippen molar-refractivity contribution in [2.75, 3.05) is 13.1 Å². The summed E-state index contributed by atoms with van der Waals surface area (Å²) in [6.07, 6.45) is 3.66. The largest absolute Gasteiger partial charge is 0.326 e. The van der Waals surface area contributed by atoms with Crippen LogP contribution in [0.25, 0.3) is 0 Å². The fourth-order valence-electron chi connectivity index (χ4n) is 3.59. The molecule has 2 atom stereocenters. The van der Waals surface area contributed by atoms with Crippen molar-refractivity contribution in [3.63, 3.8) is 0 Å². The highest BCUT2D eigenvalue weighted by Crippen LogP contribution is 2.39. The molecule has 2 heterocycles. The molecule has 2 nitrogen and oxygen atoms in total. The van der Waals surface area contributed by atoms with E-state index in [9.17, 15) is 0 Å². The zero-order valence-electron chi connectivity index (χ0n) is 14.4. The Morgan fingerprint density at radius 1 is 1.33 bits per heavy atom. The second-order valence-electron chi connectivity index (χ2n) is 7.66. The van der Waals surface area contributed by atoms with Crippen LogP contribution >= 0.6 is 11.3 Å². The van der Waals surface area contributed by atoms with Gasteiger partial charge in [-0.25, -0.2) is 0 Å². The average Bonchev–Trinajstić information content (AvgIpc) is 2.85. The number of thiophene rings is 1. The van der Waals surface area contributed by atoms with Crippen molar-refractivity contribution in [1.29, 1.82) is 0 Å². The number of likely N-dealkylation sites (tertiary alicyclic amines) is 1. The SMILES string of the molecule is CCC(N)C(c1sccc1C)N1CCC(C(C)(C)C)CC1. The fraction of sp³-hybridized carbons (Fsp3) is 0.778. The van der Waals surface area contributed by atoms with Gasteiger partial charge in [0, 0.05) is 10.9 Å². The van der Waals surface area contributed by atoms with Gasteiger partial charge in [-0.05, 0) is 67.6 Å². The van der Waals surface area contributed by atoms with Crippen LogP contribution in [0.3, 0.4) is 0 Å². The molecule has 1 fully saturated rings. The maximum atomic E-state index is 6.49. The number of nitrogens with zero attached hydrogens (tertiary/aromatic N) is 1. The molecule has 21 heavy (non-hydrogen) atoms. The molecule has 1 saturated heterocycles. The van der Waals surface area contributed by atoms with Crippen LogP contribution in [-0.4, -0.2) is 24.0 Å². The van der Waals surface area contributed by atoms with E-state index in [4.69, 9.17) is 5.73 Å². The first-order valence-corrected chi connectivity index (χ1v) is 9.26. The predicted molar refractivity (Wildman–Crippen MR) is 93.8 cm³/mol. The molecule has 2 unspecified atom stereocenters. The maximum Gasteiger partial charge on any atom is 0.0596 e. The molecular weight excluding hydrogens is 276 g/mol. The lowest BCUT2D eigenvalue weighted by atomic mass is 9.75. The van der Waals surface area contributed by atoms with Gasteiger partial charge in [0.05, 0.1) is 6.04 Å². The van der Waals surface area contributed by atoms with E-state index >= 15 is 0 Å². The fourth-order valence-corrected chi connectivity index (χ4v) is 4.72. The van der Waals surface area contributed by atoms with Crippen molar-refractivity contribution in [3.8, 4) is 0 Å². The van der Waals surface area contributed by atoms with E-state index in [2.05, 4.69) is 51.0 Å². The van der Waals surface area contributed by atoms with Gasteiger partial charge in [-0.3, -0.25) is 4.90 Å². The third-order valence-electron chi connectivity index (χ3n) is 5.19. The monoisotopic (exact) mass is 308 g/mol. The topological polar surface area (TPSA) is 29.3 Å². The number of piperidine rings is 1. The second-order valence-corrected chi connectivity index (χ2v) is 8.61. The van der Waals surface area contributed by atoms with Crippen LogP contribution in [0.2, 0.25) is 0 Å². The van der Waals surface area contributed by atoms with Crippen LogP contribution in [-0.2, 0) is 0 Å². The highest BCUT2D eigenvalue weighted by atomic mass is 32.1. The molecule has 0 saturated carbocycles. The van der Waals surface area contributed by atoms with Crippen LogP contribution in [0.4, 0.5) is 0 Å². The molecule has 2 rings (SSSR count). The number of aryl methyl sites for hydroxylation is 1. The van der Waals surface area contributed by atoms with Gasteiger partial charge < -0.3 is 5.73 Å². The Morgan fingerprint density at radius 2 is 1.95 bits per heavy atom. The van der Waals surface area contributed by atoms with E-state index in [-0.39, 0.29) is 6.04 Å². The molecule has 1 aromatic heterocycles. The molecular formula is C18H32N2S. The molecule has 0 amide bonds. The number of nitrogens with two attached hydrogens (primary N) is 1. The van der Waals surface area contributed by atoms with Crippen LogP contribution in [0.5, 0.6) is 0 Å². The Labute approximate surface area is 134 Å². The molecule has 0 spiro atoms. The lowest BCUT2D eigenvalue weighted by Gasteiger charge is -2.43. The van der Waals surface area contributed by atoms with E-state index < -0.39 is 0 Å². The van der Waals surface area contributed by atoms with E-state index in [1.165, 1.54) is 36.4 Å². The van der Waals surface area contributed by atoms with Crippen LogP contribution < -0.4 is 5.73 Å². The average molecular weight is 309 g/mol. The van der Waals surface area contributed by atoms with Gasteiger partial charge in [-0.1, -0.05) is 27.7 Å². The Kier molecular flexibility index (Phi) is 5.50. The number of hydrogen-bond donors (Lipinski definition) is 1. The number of rotatable bonds is 4. The summed E-state index contributed by atoms with van der Waals surface area (Å²) in [6, 6.07) is 2.89. The van der Waals surface area contributed by atoms with Crippen molar-refractivity contribution in [2.45, 2.75) is 66.0 Å². The Morgan fingerprint density at radius 3 is 2.38 bits per heavy atom. The van der Waals surface area contributed by atoms with E-state index in [1.807, 2.05) is 11.3 Å². The first kappa shape index (κ1) is 17.0. The zero-order chi connectivity index (χ0) is 15.6. The second kappa shape index (κ2) is 6.80. The zero-order valence-corrected chi connectivity index (χ0v) is 15.2. The molecule has 0 aliphatic carbocycles. The minimum Gasteiger partial charge on any atom is -0.326 e. The predicted octanol–water partition coefficient (Wildman–Crippen LogP) is 4.59. The first-order valence-electron chi connectivity index (χ1n) is 8.38. The minimum absolute atomic E-state index is 0.244. The standard InChI is InChI=1S/C18H32N2S/c1-6-15(19)16(17-13(2)9-12-21-17)20-10-7-14(8-11-20)18(3,4)5/h9,12,14-16H,6-8,10-11,19H2,1-5H3. The third-order valence-corrected chi connectivity index (χ3v) is 6.28. The summed E-state index contributed by atoms with van der Waals surface area (Å²) < 4.78 is 0. The van der Waals surface area contributed by atoms with Crippen molar-refractivity contribution in [3.05, 3.63) is 21.9 Å². The molecule has 0 bridgehead atoms. The van der Waals surface area contributed by atoms with Crippen molar-refractivity contribution >= 4 is 11.3 Å². The molecule has 1 aliphatic rings. The highest BCUT2D eigenvalue weighted by molar-refractivity contribution is 7.10. The normalized spacial score (nSPS) is 21.4. The lowest BCUT2D eigenvalue weighted by molar-refractivity contribution is 0.0732. The summed E-state index contributed by atoms with van der Waals surface area (Å²) in [4.78, 5) is 4.13. The quantitative estimate of drug-likeness (QED) is 0.881. The van der Waals surface area contributed by atoms with Crippen LogP contribution in [0.15, 0.2) is 11.4 Å². The van der Waals surface area contributed by atoms with Gasteiger partial charge in [0.1, 0.15) is 0 Å². The van der Waals surface area contributed by atoms with Gasteiger partial charge in [0.2, 0.25) is 0 Å². The van der Waals surface area contributed by atoms with E-state index in [0.29, 0.717) is 11.5 Å². The summed E-state index contributed by atoms with van der Waals surface area (Å²) in [5.41, 5.74) is 8.34. The molecule has 0 radical (unpaired) electrons. The molecule has 1 aliphatic heterocycles. The minimum atomic E-state index is 0.244. The molecule has 2 N–H and O–H groups in total. The van der Waals surface area contributed by atoms with Gasteiger partial charge in [-0.2, -0.15) is 0 Å². The van der Waals surface area contributed by atoms with Gasteiger partial charge in [-0.15, -0.1) is 11.3 Å². The van der Waals surface area contributed by atoms with E-state index in [0.717, 1.165) is 12.3 Å². The summed E-state index contributed by atoms with van der Waals surface area (Å²) in [5, 5.41) is 2.21. The summed E-state index contributed by atoms with van der Waals surface area (Å²) in [6.45, 7) is 14.0. The Balaban J connectivity index is 2.12. The number of hydrogen-bond acceptors (Lipinski definition) is 3. The van der Waals surface area contributed by atoms with Crippen molar-refractivity contribution in [1.82, 2.24) is 4.90 Å². The van der Waals surface area contributed by atoms with Gasteiger partial charge >= 0.3 is 0 Å². The van der Waals surface area contributed by atoms with Crippen LogP contribution in [0.1, 0.15) is 63.4 Å². The Hall–Kier alpha value is -0.380. The van der Waals surface area contributed by atoms with Gasteiger partial charge in [0.25, 0.3) is 0 Å². The summed E-state index contributed by atoms with van der Waals surface area (Å²) in [7, 11) is 0. The lowest BCUT2D eigenvalue weighted by Crippen LogP contribution is -2.46.